The summed E-state index contributed by atoms with van der Waals surface area (Å²) in [6.45, 7) is 5.51. The molecule has 0 aliphatic heterocycles. The van der Waals surface area contributed by atoms with Gasteiger partial charge in [0.1, 0.15) is 0 Å². The number of methoxy groups -OCH3 is 1. The van der Waals surface area contributed by atoms with E-state index in [1.165, 1.54) is 18.2 Å². The van der Waals surface area contributed by atoms with Gasteiger partial charge in [-0.25, -0.2) is 13.6 Å². The minimum atomic E-state index is -3.73. The van der Waals surface area contributed by atoms with E-state index < -0.39 is 10.0 Å². The molecule has 0 heterocycles. The third kappa shape index (κ3) is 4.99. The second kappa shape index (κ2) is 6.43. The van der Waals surface area contributed by atoms with Gasteiger partial charge in [0, 0.05) is 20.3 Å². The standard InChI is InChI=1S/C13H23N3O3S/c1-13(2,6-7-19-3)9-16-12-8-10(20(15,17)18)4-5-11(12)14/h4-5,8,16H,6-7,9,14H2,1-3H3,(H2,15,17,18). The Hall–Kier alpha value is -1.31. The SMILES string of the molecule is COCCC(C)(C)CNc1cc(S(N)(=O)=O)ccc1N. The van der Waals surface area contributed by atoms with E-state index in [2.05, 4.69) is 19.2 Å². The molecule has 0 saturated heterocycles. The molecule has 0 bridgehead atoms. The normalized spacial score (nSPS) is 12.4. The lowest BCUT2D eigenvalue weighted by Crippen LogP contribution is -2.25. The summed E-state index contributed by atoms with van der Waals surface area (Å²) in [5.41, 5.74) is 6.90. The van der Waals surface area contributed by atoms with Crippen LogP contribution in [0.15, 0.2) is 23.1 Å². The molecule has 0 unspecified atom stereocenters. The van der Waals surface area contributed by atoms with Gasteiger partial charge in [-0.3, -0.25) is 0 Å². The first-order valence-corrected chi connectivity index (χ1v) is 7.85. The Labute approximate surface area is 120 Å². The zero-order valence-electron chi connectivity index (χ0n) is 12.1. The number of primary sulfonamides is 1. The molecule has 0 saturated carbocycles. The fourth-order valence-corrected chi connectivity index (χ4v) is 2.21. The van der Waals surface area contributed by atoms with Gasteiger partial charge in [0.25, 0.3) is 0 Å². The van der Waals surface area contributed by atoms with Crippen LogP contribution in [0.1, 0.15) is 20.3 Å². The van der Waals surface area contributed by atoms with Crippen molar-refractivity contribution in [1.29, 1.82) is 0 Å². The van der Waals surface area contributed by atoms with Gasteiger partial charge < -0.3 is 15.8 Å². The highest BCUT2D eigenvalue weighted by Gasteiger charge is 2.18. The van der Waals surface area contributed by atoms with Crippen molar-refractivity contribution in [3.8, 4) is 0 Å². The molecule has 7 heteroatoms. The number of nitrogens with one attached hydrogen (secondary N) is 1. The lowest BCUT2D eigenvalue weighted by atomic mass is 9.89. The summed E-state index contributed by atoms with van der Waals surface area (Å²) < 4.78 is 27.7. The minimum absolute atomic E-state index is 0.0000441. The van der Waals surface area contributed by atoms with Crippen molar-refractivity contribution in [3.05, 3.63) is 18.2 Å². The number of anilines is 2. The van der Waals surface area contributed by atoms with Crippen molar-refractivity contribution in [2.75, 3.05) is 31.3 Å². The van der Waals surface area contributed by atoms with Gasteiger partial charge in [-0.2, -0.15) is 0 Å². The van der Waals surface area contributed by atoms with Crippen LogP contribution in [0, 0.1) is 5.41 Å². The molecule has 20 heavy (non-hydrogen) atoms. The Kier molecular flexibility index (Phi) is 5.38. The van der Waals surface area contributed by atoms with Crippen LogP contribution in [-0.4, -0.2) is 28.7 Å². The van der Waals surface area contributed by atoms with E-state index in [1.807, 2.05) is 0 Å². The zero-order valence-corrected chi connectivity index (χ0v) is 13.0. The Balaban J connectivity index is 2.82. The van der Waals surface area contributed by atoms with E-state index in [9.17, 15) is 8.42 Å². The molecule has 5 N–H and O–H groups in total. The van der Waals surface area contributed by atoms with E-state index in [1.54, 1.807) is 7.11 Å². The average Bonchev–Trinajstić information content (AvgIpc) is 2.34. The monoisotopic (exact) mass is 301 g/mol. The molecule has 0 aliphatic carbocycles. The van der Waals surface area contributed by atoms with E-state index in [0.717, 1.165) is 6.42 Å². The molecule has 0 amide bonds. The van der Waals surface area contributed by atoms with Crippen molar-refractivity contribution in [1.82, 2.24) is 0 Å². The van der Waals surface area contributed by atoms with Gasteiger partial charge in [0.15, 0.2) is 0 Å². The van der Waals surface area contributed by atoms with E-state index >= 15 is 0 Å². The maximum Gasteiger partial charge on any atom is 0.238 e. The summed E-state index contributed by atoms with van der Waals surface area (Å²) in [7, 11) is -2.06. The number of nitrogens with two attached hydrogens (primary N) is 2. The summed E-state index contributed by atoms with van der Waals surface area (Å²) >= 11 is 0. The van der Waals surface area contributed by atoms with Gasteiger partial charge in [-0.05, 0) is 30.0 Å². The highest BCUT2D eigenvalue weighted by Crippen LogP contribution is 2.26. The quantitative estimate of drug-likeness (QED) is 0.660. The number of rotatable bonds is 7. The second-order valence-corrected chi connectivity index (χ2v) is 7.12. The molecular formula is C13H23N3O3S. The summed E-state index contributed by atoms with van der Waals surface area (Å²) in [4.78, 5) is 0.0453. The number of benzene rings is 1. The zero-order chi connectivity index (χ0) is 15.4. The lowest BCUT2D eigenvalue weighted by molar-refractivity contribution is 0.157. The predicted molar refractivity (Wildman–Crippen MR) is 81.0 cm³/mol. The maximum absolute atomic E-state index is 11.3. The van der Waals surface area contributed by atoms with Gasteiger partial charge >= 0.3 is 0 Å². The Morgan fingerprint density at radius 1 is 1.35 bits per heavy atom. The second-order valence-electron chi connectivity index (χ2n) is 5.55. The molecule has 0 aliphatic rings. The maximum atomic E-state index is 11.3. The van der Waals surface area contributed by atoms with Crippen molar-refractivity contribution >= 4 is 21.4 Å². The van der Waals surface area contributed by atoms with Gasteiger partial charge in [-0.1, -0.05) is 13.8 Å². The third-order valence-electron chi connectivity index (χ3n) is 3.09. The fourth-order valence-electron chi connectivity index (χ4n) is 1.67. The molecule has 0 fully saturated rings. The Bertz CT molecular complexity index is 556. The van der Waals surface area contributed by atoms with Crippen molar-refractivity contribution in [2.45, 2.75) is 25.2 Å². The van der Waals surface area contributed by atoms with Crippen molar-refractivity contribution in [3.63, 3.8) is 0 Å². The summed E-state index contributed by atoms with van der Waals surface area (Å²) in [5, 5.41) is 8.28. The van der Waals surface area contributed by atoms with E-state index in [-0.39, 0.29) is 10.3 Å². The van der Waals surface area contributed by atoms with Gasteiger partial charge in [-0.15, -0.1) is 0 Å². The molecule has 0 radical (unpaired) electrons. The highest BCUT2D eigenvalue weighted by molar-refractivity contribution is 7.89. The van der Waals surface area contributed by atoms with Gasteiger partial charge in [0.05, 0.1) is 16.3 Å². The first-order chi connectivity index (χ1) is 9.15. The molecule has 0 atom stereocenters. The first kappa shape index (κ1) is 16.7. The highest BCUT2D eigenvalue weighted by atomic mass is 32.2. The Morgan fingerprint density at radius 2 is 2.00 bits per heavy atom. The van der Waals surface area contributed by atoms with Crippen LogP contribution >= 0.6 is 0 Å². The number of hydrogen-bond donors (Lipinski definition) is 3. The van der Waals surface area contributed by atoms with Crippen LogP contribution in [-0.2, 0) is 14.8 Å². The van der Waals surface area contributed by atoms with Crippen LogP contribution < -0.4 is 16.2 Å². The number of hydrogen-bond acceptors (Lipinski definition) is 5. The smallest absolute Gasteiger partial charge is 0.238 e. The predicted octanol–water partition coefficient (Wildman–Crippen LogP) is 1.39. The van der Waals surface area contributed by atoms with Crippen molar-refractivity contribution < 1.29 is 13.2 Å². The fraction of sp³-hybridized carbons (Fsp3) is 0.538. The molecule has 0 aromatic heterocycles. The summed E-state index contributed by atoms with van der Waals surface area (Å²) in [6.07, 6.45) is 0.880. The van der Waals surface area contributed by atoms with E-state index in [0.29, 0.717) is 24.5 Å². The average molecular weight is 301 g/mol. The van der Waals surface area contributed by atoms with Crippen LogP contribution in [0.25, 0.3) is 0 Å². The lowest BCUT2D eigenvalue weighted by Gasteiger charge is -2.25. The van der Waals surface area contributed by atoms with E-state index in [4.69, 9.17) is 15.6 Å². The molecule has 1 rings (SSSR count). The van der Waals surface area contributed by atoms with Crippen molar-refractivity contribution in [2.24, 2.45) is 10.6 Å². The largest absolute Gasteiger partial charge is 0.397 e. The third-order valence-corrected chi connectivity index (χ3v) is 4.00. The number of sulfonamides is 1. The van der Waals surface area contributed by atoms with Crippen LogP contribution in [0.5, 0.6) is 0 Å². The summed E-state index contributed by atoms with van der Waals surface area (Å²) in [6, 6.07) is 4.38. The van der Waals surface area contributed by atoms with Crippen LogP contribution in [0.3, 0.4) is 0 Å². The van der Waals surface area contributed by atoms with Gasteiger partial charge in [0.2, 0.25) is 10.0 Å². The minimum Gasteiger partial charge on any atom is -0.397 e. The number of nitrogen functional groups attached to an aromatic ring is 1. The molecular weight excluding hydrogens is 278 g/mol. The molecule has 1 aromatic rings. The number of ether oxygens (including phenoxy) is 1. The molecule has 0 spiro atoms. The van der Waals surface area contributed by atoms with Crippen LogP contribution in [0.2, 0.25) is 0 Å². The molecule has 6 nitrogen and oxygen atoms in total. The Morgan fingerprint density at radius 3 is 2.55 bits per heavy atom. The molecule has 1 aromatic carbocycles. The van der Waals surface area contributed by atoms with Crippen LogP contribution in [0.4, 0.5) is 11.4 Å². The summed E-state index contributed by atoms with van der Waals surface area (Å²) in [5.74, 6) is 0. The first-order valence-electron chi connectivity index (χ1n) is 6.31. The molecule has 114 valence electrons. The topological polar surface area (TPSA) is 107 Å².